The number of imidazole rings is 4. The molecule has 0 aliphatic heterocycles. The van der Waals surface area contributed by atoms with Crippen LogP contribution in [0.4, 0.5) is 0 Å². The molecule has 37 heavy (non-hydrogen) atoms. The van der Waals surface area contributed by atoms with Gasteiger partial charge in [-0.05, 0) is 70.5 Å². The molecule has 4 heterocycles. The van der Waals surface area contributed by atoms with Gasteiger partial charge in [0.1, 0.15) is 5.52 Å². The number of hydrogen-bond donors (Lipinski definition) is 0. The van der Waals surface area contributed by atoms with E-state index < -0.39 is 0 Å². The highest BCUT2D eigenvalue weighted by molar-refractivity contribution is 6.06. The maximum absolute atomic E-state index is 5.08. The first kappa shape index (κ1) is 20.8. The predicted octanol–water partition coefficient (Wildman–Crippen LogP) is 8.05. The van der Waals surface area contributed by atoms with Gasteiger partial charge in [0.2, 0.25) is 11.6 Å². The van der Waals surface area contributed by atoms with Gasteiger partial charge in [-0.2, -0.15) is 0 Å². The molecule has 0 saturated heterocycles. The van der Waals surface area contributed by atoms with Gasteiger partial charge in [0.05, 0.1) is 33.1 Å². The minimum absolute atomic E-state index is 0.464. The Labute approximate surface area is 213 Å². The van der Waals surface area contributed by atoms with Gasteiger partial charge in [-0.1, -0.05) is 70.2 Å². The monoisotopic (exact) mass is 481 g/mol. The molecule has 0 spiro atoms. The van der Waals surface area contributed by atoms with Gasteiger partial charge in [0.25, 0.3) is 0 Å². The molecule has 0 amide bonds. The Bertz CT molecular complexity index is 2010. The maximum Gasteiger partial charge on any atom is 0.223 e. The summed E-state index contributed by atoms with van der Waals surface area (Å²) in [5.41, 5.74) is 12.9. The highest BCUT2D eigenvalue weighted by Crippen LogP contribution is 2.38. The molecule has 0 N–H and O–H groups in total. The number of aromatic nitrogens is 5. The Hall–Kier alpha value is -4.38. The van der Waals surface area contributed by atoms with Gasteiger partial charge in [-0.25, -0.2) is 14.4 Å². The van der Waals surface area contributed by atoms with E-state index in [0.717, 1.165) is 50.2 Å². The van der Waals surface area contributed by atoms with Crippen LogP contribution < -0.4 is 0 Å². The molecule has 5 heteroatoms. The van der Waals surface area contributed by atoms with Crippen LogP contribution in [0.2, 0.25) is 0 Å². The molecule has 8 aromatic rings. The van der Waals surface area contributed by atoms with Crippen LogP contribution in [0, 0.1) is 0 Å². The van der Waals surface area contributed by atoms with Crippen molar-refractivity contribution in [2.24, 2.45) is 0 Å². The average molecular weight is 482 g/mol. The highest BCUT2D eigenvalue weighted by Gasteiger charge is 2.24. The molecular weight excluding hydrogens is 454 g/mol. The van der Waals surface area contributed by atoms with E-state index in [1.54, 1.807) is 0 Å². The van der Waals surface area contributed by atoms with Gasteiger partial charge in [0.15, 0.2) is 0 Å². The summed E-state index contributed by atoms with van der Waals surface area (Å²) in [5.74, 6) is 2.74. The zero-order chi connectivity index (χ0) is 25.0. The summed E-state index contributed by atoms with van der Waals surface area (Å²) < 4.78 is 6.84. The largest absolute Gasteiger partial charge is 0.276 e. The van der Waals surface area contributed by atoms with Crippen molar-refractivity contribution in [1.29, 1.82) is 0 Å². The number of nitrogens with zero attached hydrogens (tertiary/aromatic N) is 5. The van der Waals surface area contributed by atoms with Gasteiger partial charge in [0, 0.05) is 0 Å². The maximum atomic E-state index is 5.08. The van der Waals surface area contributed by atoms with Crippen molar-refractivity contribution >= 4 is 50.2 Å². The number of hydrogen-bond acceptors (Lipinski definition) is 2. The van der Waals surface area contributed by atoms with E-state index in [1.807, 2.05) is 0 Å². The SMILES string of the molecule is CC(C)c1cc(-c2cc3c4c(c2)n2c5ccccc5nc2n4c2nc4ccccc4n32)cc(C(C)C)c1. The van der Waals surface area contributed by atoms with E-state index in [0.29, 0.717) is 11.8 Å². The molecule has 0 atom stereocenters. The second kappa shape index (κ2) is 7.10. The van der Waals surface area contributed by atoms with E-state index in [9.17, 15) is 0 Å². The van der Waals surface area contributed by atoms with Crippen LogP contribution in [-0.2, 0) is 0 Å². The molecule has 4 aromatic heterocycles. The van der Waals surface area contributed by atoms with E-state index >= 15 is 0 Å². The summed E-state index contributed by atoms with van der Waals surface area (Å²) in [5, 5.41) is 0. The summed E-state index contributed by atoms with van der Waals surface area (Å²) >= 11 is 0. The first-order valence-corrected chi connectivity index (χ1v) is 13.1. The van der Waals surface area contributed by atoms with Crippen molar-refractivity contribution in [3.63, 3.8) is 0 Å². The fraction of sp³-hybridized carbons (Fsp3) is 0.188. The van der Waals surface area contributed by atoms with Crippen molar-refractivity contribution in [1.82, 2.24) is 23.2 Å². The smallest absolute Gasteiger partial charge is 0.223 e. The third kappa shape index (κ3) is 2.69. The summed E-state index contributed by atoms with van der Waals surface area (Å²) in [6.45, 7) is 9.10. The second-order valence-corrected chi connectivity index (χ2v) is 10.9. The normalized spacial score (nSPS) is 12.8. The summed E-state index contributed by atoms with van der Waals surface area (Å²) in [7, 11) is 0. The standard InChI is InChI=1S/C32H27N5/c1-18(2)20-13-21(19(3)4)15-22(14-20)23-16-28-30-29(17-23)36-27-12-8-6-10-25(27)34-32(36)37(30)31-33-24-9-5-7-11-26(24)35(28)31/h5-19H,1-4H3. The van der Waals surface area contributed by atoms with Crippen LogP contribution in [-0.4, -0.2) is 23.2 Å². The minimum Gasteiger partial charge on any atom is -0.276 e. The van der Waals surface area contributed by atoms with Crippen molar-refractivity contribution in [3.05, 3.63) is 90.0 Å². The molecule has 8 rings (SSSR count). The lowest BCUT2D eigenvalue weighted by Gasteiger charge is -2.15. The van der Waals surface area contributed by atoms with Crippen LogP contribution in [0.25, 0.3) is 61.3 Å². The average Bonchev–Trinajstić information content (AvgIpc) is 3.62. The minimum atomic E-state index is 0.464. The van der Waals surface area contributed by atoms with E-state index in [-0.39, 0.29) is 0 Å². The predicted molar refractivity (Wildman–Crippen MR) is 152 cm³/mol. The summed E-state index contributed by atoms with van der Waals surface area (Å²) in [4.78, 5) is 10.2. The molecule has 0 radical (unpaired) electrons. The quantitative estimate of drug-likeness (QED) is 0.256. The topological polar surface area (TPSA) is 39.0 Å². The number of rotatable bonds is 3. The van der Waals surface area contributed by atoms with Gasteiger partial charge in [-0.15, -0.1) is 0 Å². The van der Waals surface area contributed by atoms with Crippen molar-refractivity contribution in [3.8, 4) is 11.1 Å². The van der Waals surface area contributed by atoms with Crippen LogP contribution in [0.5, 0.6) is 0 Å². The molecule has 0 unspecified atom stereocenters. The lowest BCUT2D eigenvalue weighted by Crippen LogP contribution is -1.95. The van der Waals surface area contributed by atoms with Crippen LogP contribution in [0.1, 0.15) is 50.7 Å². The van der Waals surface area contributed by atoms with Crippen LogP contribution in [0.3, 0.4) is 0 Å². The molecule has 5 nitrogen and oxygen atoms in total. The van der Waals surface area contributed by atoms with Gasteiger partial charge >= 0.3 is 0 Å². The Balaban J connectivity index is 1.59. The van der Waals surface area contributed by atoms with Gasteiger partial charge < -0.3 is 0 Å². The molecule has 180 valence electrons. The summed E-state index contributed by atoms with van der Waals surface area (Å²) in [6, 6.07) is 28.6. The fourth-order valence-corrected chi connectivity index (χ4v) is 5.94. The zero-order valence-electron chi connectivity index (χ0n) is 21.4. The highest BCUT2D eigenvalue weighted by atomic mass is 15.3. The van der Waals surface area contributed by atoms with E-state index in [2.05, 4.69) is 120 Å². The third-order valence-electron chi connectivity index (χ3n) is 7.91. The van der Waals surface area contributed by atoms with Crippen LogP contribution >= 0.6 is 0 Å². The first-order valence-electron chi connectivity index (χ1n) is 13.1. The molecule has 0 bridgehead atoms. The summed E-state index contributed by atoms with van der Waals surface area (Å²) in [6.07, 6.45) is 0. The fourth-order valence-electron chi connectivity index (χ4n) is 5.94. The number of para-hydroxylation sites is 4. The molecule has 0 fully saturated rings. The lowest BCUT2D eigenvalue weighted by molar-refractivity contribution is 0.834. The Morgan fingerprint density at radius 2 is 0.973 bits per heavy atom. The Morgan fingerprint density at radius 3 is 1.46 bits per heavy atom. The van der Waals surface area contributed by atoms with Crippen molar-refractivity contribution in [2.75, 3.05) is 0 Å². The molecule has 4 aromatic carbocycles. The lowest BCUT2D eigenvalue weighted by atomic mass is 9.91. The second-order valence-electron chi connectivity index (χ2n) is 10.9. The van der Waals surface area contributed by atoms with Gasteiger partial charge in [-0.3, -0.25) is 8.80 Å². The Kier molecular flexibility index (Phi) is 3.99. The molecule has 0 aliphatic carbocycles. The van der Waals surface area contributed by atoms with E-state index in [4.69, 9.17) is 9.97 Å². The van der Waals surface area contributed by atoms with Crippen molar-refractivity contribution in [2.45, 2.75) is 39.5 Å². The number of benzene rings is 4. The molecular formula is C32H27N5. The zero-order valence-corrected chi connectivity index (χ0v) is 21.4. The van der Waals surface area contributed by atoms with Crippen LogP contribution in [0.15, 0.2) is 78.9 Å². The molecule has 0 aliphatic rings. The Morgan fingerprint density at radius 1 is 0.514 bits per heavy atom. The third-order valence-corrected chi connectivity index (χ3v) is 7.91. The number of fused-ring (bicyclic) bond motifs is 10. The van der Waals surface area contributed by atoms with E-state index in [1.165, 1.54) is 22.3 Å². The first-order chi connectivity index (χ1) is 18.0. The molecule has 0 saturated carbocycles. The van der Waals surface area contributed by atoms with Crippen molar-refractivity contribution < 1.29 is 0 Å².